The lowest BCUT2D eigenvalue weighted by Gasteiger charge is -2.36. The van der Waals surface area contributed by atoms with Gasteiger partial charge in [0.1, 0.15) is 0 Å². The molecule has 0 aromatic heterocycles. The van der Waals surface area contributed by atoms with Crippen LogP contribution in [0.25, 0.3) is 0 Å². The van der Waals surface area contributed by atoms with E-state index < -0.39 is 0 Å². The van der Waals surface area contributed by atoms with Gasteiger partial charge in [0, 0.05) is 19.6 Å². The van der Waals surface area contributed by atoms with Gasteiger partial charge in [0.05, 0.1) is 25.3 Å². The molecule has 0 aromatic carbocycles. The van der Waals surface area contributed by atoms with Crippen LogP contribution in [0.15, 0.2) is 0 Å². The molecule has 2 atom stereocenters. The summed E-state index contributed by atoms with van der Waals surface area (Å²) in [7, 11) is 1.79. The smallest absolute Gasteiger partial charge is 0.236 e. The Morgan fingerprint density at radius 1 is 1.64 bits per heavy atom. The minimum atomic E-state index is 0.175. The zero-order valence-electron chi connectivity index (χ0n) is 8.45. The minimum Gasteiger partial charge on any atom is -0.373 e. The highest BCUT2D eigenvalue weighted by atomic mass is 16.5. The summed E-state index contributed by atoms with van der Waals surface area (Å²) in [6, 6.07) is 0.240. The standard InChI is InChI=1S/C9H17N3O2/c1-10-6-9(13)12-2-3-14-8-5-11-4-7(8)12/h7-8,10-11H,2-6H2,1H3/t7-,8-/m1/s1. The molecule has 2 N–H and O–H groups in total. The number of hydrogen-bond donors (Lipinski definition) is 2. The van der Waals surface area contributed by atoms with Gasteiger partial charge in [-0.3, -0.25) is 4.79 Å². The van der Waals surface area contributed by atoms with Crippen LogP contribution in [0.3, 0.4) is 0 Å². The van der Waals surface area contributed by atoms with Gasteiger partial charge in [-0.2, -0.15) is 0 Å². The van der Waals surface area contributed by atoms with Gasteiger partial charge in [-0.25, -0.2) is 0 Å². The summed E-state index contributed by atoms with van der Waals surface area (Å²) in [6.45, 7) is 3.54. The zero-order chi connectivity index (χ0) is 9.97. The van der Waals surface area contributed by atoms with Gasteiger partial charge in [-0.05, 0) is 7.05 Å². The Hall–Kier alpha value is -0.650. The number of hydrogen-bond acceptors (Lipinski definition) is 4. The zero-order valence-corrected chi connectivity index (χ0v) is 8.45. The Kier molecular flexibility index (Phi) is 3.00. The summed E-state index contributed by atoms with van der Waals surface area (Å²) in [5.41, 5.74) is 0. The first-order valence-corrected chi connectivity index (χ1v) is 5.09. The minimum absolute atomic E-state index is 0.175. The molecule has 0 aliphatic carbocycles. The molecule has 2 rings (SSSR count). The fourth-order valence-electron chi connectivity index (χ4n) is 2.15. The van der Waals surface area contributed by atoms with Gasteiger partial charge >= 0.3 is 0 Å². The maximum Gasteiger partial charge on any atom is 0.236 e. The highest BCUT2D eigenvalue weighted by Gasteiger charge is 2.37. The first-order valence-electron chi connectivity index (χ1n) is 5.09. The molecule has 2 aliphatic heterocycles. The molecule has 0 aromatic rings. The molecule has 2 fully saturated rings. The van der Waals surface area contributed by atoms with Gasteiger partial charge in [-0.1, -0.05) is 0 Å². The van der Waals surface area contributed by atoms with Crippen molar-refractivity contribution in [2.24, 2.45) is 0 Å². The van der Waals surface area contributed by atoms with E-state index in [1.165, 1.54) is 0 Å². The van der Waals surface area contributed by atoms with Crippen LogP contribution in [0.1, 0.15) is 0 Å². The van der Waals surface area contributed by atoms with E-state index in [-0.39, 0.29) is 18.1 Å². The van der Waals surface area contributed by atoms with Crippen LogP contribution in [-0.2, 0) is 9.53 Å². The number of carbonyl (C=O) groups excluding carboxylic acids is 1. The molecule has 1 amide bonds. The first kappa shape index (κ1) is 9.89. The number of fused-ring (bicyclic) bond motifs is 1. The number of carbonyl (C=O) groups is 1. The van der Waals surface area contributed by atoms with Crippen LogP contribution in [0.4, 0.5) is 0 Å². The Morgan fingerprint density at radius 2 is 2.50 bits per heavy atom. The molecule has 5 nitrogen and oxygen atoms in total. The second kappa shape index (κ2) is 4.25. The summed E-state index contributed by atoms with van der Waals surface area (Å²) >= 11 is 0. The Morgan fingerprint density at radius 3 is 3.29 bits per heavy atom. The fourth-order valence-corrected chi connectivity index (χ4v) is 2.15. The van der Waals surface area contributed by atoms with E-state index in [1.807, 2.05) is 4.90 Å². The molecular weight excluding hydrogens is 182 g/mol. The van der Waals surface area contributed by atoms with Crippen molar-refractivity contribution in [1.29, 1.82) is 0 Å². The third kappa shape index (κ3) is 1.75. The molecule has 5 heteroatoms. The van der Waals surface area contributed by atoms with E-state index in [0.717, 1.165) is 19.6 Å². The third-order valence-corrected chi connectivity index (χ3v) is 2.84. The van der Waals surface area contributed by atoms with Crippen LogP contribution >= 0.6 is 0 Å². The first-order chi connectivity index (χ1) is 6.83. The van der Waals surface area contributed by atoms with Crippen molar-refractivity contribution in [3.05, 3.63) is 0 Å². The van der Waals surface area contributed by atoms with Crippen molar-refractivity contribution in [2.45, 2.75) is 12.1 Å². The Bertz CT molecular complexity index is 222. The SMILES string of the molecule is CNCC(=O)N1CCO[C@@H]2CNC[C@H]21. The number of morpholine rings is 1. The molecule has 2 saturated heterocycles. The van der Waals surface area contributed by atoms with E-state index in [9.17, 15) is 4.79 Å². The Labute approximate surface area is 83.8 Å². The summed E-state index contributed by atoms with van der Waals surface area (Å²) in [5.74, 6) is 0.175. The number of amides is 1. The van der Waals surface area contributed by atoms with Gasteiger partial charge in [-0.15, -0.1) is 0 Å². The van der Waals surface area contributed by atoms with Crippen LogP contribution in [0, 0.1) is 0 Å². The fraction of sp³-hybridized carbons (Fsp3) is 0.889. The molecule has 0 radical (unpaired) electrons. The second-order valence-electron chi connectivity index (χ2n) is 3.75. The summed E-state index contributed by atoms with van der Waals surface area (Å²) in [4.78, 5) is 13.7. The van der Waals surface area contributed by atoms with E-state index >= 15 is 0 Å². The molecule has 0 saturated carbocycles. The van der Waals surface area contributed by atoms with Gasteiger partial charge < -0.3 is 20.3 Å². The Balaban J connectivity index is 1.99. The average molecular weight is 199 g/mol. The normalized spacial score (nSPS) is 31.6. The molecule has 80 valence electrons. The van der Waals surface area contributed by atoms with Crippen LogP contribution in [0.5, 0.6) is 0 Å². The van der Waals surface area contributed by atoms with E-state index in [0.29, 0.717) is 13.2 Å². The second-order valence-corrected chi connectivity index (χ2v) is 3.75. The number of nitrogens with zero attached hydrogens (tertiary/aromatic N) is 1. The van der Waals surface area contributed by atoms with E-state index in [1.54, 1.807) is 7.05 Å². The van der Waals surface area contributed by atoms with Crippen LogP contribution in [-0.4, -0.2) is 62.8 Å². The highest BCUT2D eigenvalue weighted by Crippen LogP contribution is 2.17. The lowest BCUT2D eigenvalue weighted by Crippen LogP contribution is -2.54. The van der Waals surface area contributed by atoms with E-state index in [2.05, 4.69) is 10.6 Å². The molecular formula is C9H17N3O2. The lowest BCUT2D eigenvalue weighted by molar-refractivity contribution is -0.141. The van der Waals surface area contributed by atoms with Crippen molar-refractivity contribution in [3.8, 4) is 0 Å². The summed E-state index contributed by atoms with van der Waals surface area (Å²) in [5, 5.41) is 6.14. The van der Waals surface area contributed by atoms with E-state index in [4.69, 9.17) is 4.74 Å². The van der Waals surface area contributed by atoms with Crippen molar-refractivity contribution >= 4 is 5.91 Å². The monoisotopic (exact) mass is 199 g/mol. The predicted molar refractivity (Wildman–Crippen MR) is 52.0 cm³/mol. The molecule has 0 bridgehead atoms. The number of likely N-dealkylation sites (N-methyl/N-ethyl adjacent to an activating group) is 1. The maximum absolute atomic E-state index is 11.7. The van der Waals surface area contributed by atoms with Gasteiger partial charge in [0.15, 0.2) is 0 Å². The lowest BCUT2D eigenvalue weighted by atomic mass is 10.1. The molecule has 14 heavy (non-hydrogen) atoms. The van der Waals surface area contributed by atoms with Crippen molar-refractivity contribution in [1.82, 2.24) is 15.5 Å². The molecule has 2 heterocycles. The number of rotatable bonds is 2. The largest absolute Gasteiger partial charge is 0.373 e. The third-order valence-electron chi connectivity index (χ3n) is 2.84. The van der Waals surface area contributed by atoms with Crippen LogP contribution in [0.2, 0.25) is 0 Å². The quantitative estimate of drug-likeness (QED) is 0.563. The van der Waals surface area contributed by atoms with Crippen LogP contribution < -0.4 is 10.6 Å². The molecule has 0 spiro atoms. The highest BCUT2D eigenvalue weighted by molar-refractivity contribution is 5.78. The van der Waals surface area contributed by atoms with Crippen molar-refractivity contribution < 1.29 is 9.53 Å². The molecule has 0 unspecified atom stereocenters. The summed E-state index contributed by atoms with van der Waals surface area (Å²) < 4.78 is 5.58. The maximum atomic E-state index is 11.7. The van der Waals surface area contributed by atoms with Crippen molar-refractivity contribution in [3.63, 3.8) is 0 Å². The number of ether oxygens (including phenoxy) is 1. The molecule has 2 aliphatic rings. The topological polar surface area (TPSA) is 53.6 Å². The van der Waals surface area contributed by atoms with Gasteiger partial charge in [0.2, 0.25) is 5.91 Å². The predicted octanol–water partition coefficient (Wildman–Crippen LogP) is -1.59. The average Bonchev–Trinajstić information content (AvgIpc) is 2.65. The van der Waals surface area contributed by atoms with Gasteiger partial charge in [0.25, 0.3) is 0 Å². The summed E-state index contributed by atoms with van der Waals surface area (Å²) in [6.07, 6.45) is 0.199. The number of nitrogens with one attached hydrogen (secondary N) is 2. The van der Waals surface area contributed by atoms with Crippen molar-refractivity contribution in [2.75, 3.05) is 39.8 Å².